The van der Waals surface area contributed by atoms with Crippen molar-refractivity contribution in [2.75, 3.05) is 11.1 Å². The second kappa shape index (κ2) is 10.3. The molecule has 0 spiro atoms. The van der Waals surface area contributed by atoms with E-state index in [1.54, 1.807) is 11.3 Å². The highest BCUT2D eigenvalue weighted by molar-refractivity contribution is 7.99. The summed E-state index contributed by atoms with van der Waals surface area (Å²) in [5.41, 5.74) is 4.00. The summed E-state index contributed by atoms with van der Waals surface area (Å²) in [7, 11) is 0. The predicted octanol–water partition coefficient (Wildman–Crippen LogP) is 5.60. The highest BCUT2D eigenvalue weighted by Gasteiger charge is 2.21. The van der Waals surface area contributed by atoms with Crippen molar-refractivity contribution in [3.05, 3.63) is 45.8 Å². The number of nitrogens with one attached hydrogen (secondary N) is 1. The van der Waals surface area contributed by atoms with Crippen LogP contribution in [0.25, 0.3) is 11.4 Å². The Labute approximate surface area is 197 Å². The van der Waals surface area contributed by atoms with E-state index in [0.29, 0.717) is 10.6 Å². The van der Waals surface area contributed by atoms with Crippen LogP contribution in [0.1, 0.15) is 54.2 Å². The number of carbonyl (C=O) groups excluding carboxylic acids is 1. The molecular formula is C24H27N5OS2. The second-order valence-corrected chi connectivity index (χ2v) is 10.1. The molecule has 2 heterocycles. The van der Waals surface area contributed by atoms with Gasteiger partial charge in [0.25, 0.3) is 0 Å². The smallest absolute Gasteiger partial charge is 0.235 e. The van der Waals surface area contributed by atoms with Crippen LogP contribution < -0.4 is 5.32 Å². The lowest BCUT2D eigenvalue weighted by atomic mass is 10.1. The van der Waals surface area contributed by atoms with Gasteiger partial charge in [-0.1, -0.05) is 48.9 Å². The summed E-state index contributed by atoms with van der Waals surface area (Å²) >= 11 is 2.95. The molecule has 6 nitrogen and oxygen atoms in total. The molecule has 1 N–H and O–H groups in total. The molecule has 0 saturated carbocycles. The van der Waals surface area contributed by atoms with Crippen molar-refractivity contribution in [3.8, 4) is 17.5 Å². The van der Waals surface area contributed by atoms with Crippen LogP contribution in [0.15, 0.2) is 29.4 Å². The minimum atomic E-state index is -0.119. The van der Waals surface area contributed by atoms with Gasteiger partial charge in [-0.2, -0.15) is 5.26 Å². The van der Waals surface area contributed by atoms with E-state index < -0.39 is 0 Å². The first-order valence-corrected chi connectivity index (χ1v) is 12.9. The maximum absolute atomic E-state index is 12.7. The number of amides is 1. The van der Waals surface area contributed by atoms with Crippen molar-refractivity contribution in [1.29, 1.82) is 5.26 Å². The molecule has 0 unspecified atom stereocenters. The SMILES string of the molecule is CCCn1c(SCC(=O)Nc2sc3c(c2C#N)CCCCC3)nnc1-c1cccc(C)c1. The molecule has 1 aliphatic rings. The zero-order chi connectivity index (χ0) is 22.5. The van der Waals surface area contributed by atoms with E-state index in [1.807, 2.05) is 12.1 Å². The van der Waals surface area contributed by atoms with E-state index in [4.69, 9.17) is 0 Å². The number of aryl methyl sites for hydroxylation is 2. The Morgan fingerprint density at radius 2 is 2.12 bits per heavy atom. The van der Waals surface area contributed by atoms with Gasteiger partial charge in [-0.15, -0.1) is 21.5 Å². The monoisotopic (exact) mass is 465 g/mol. The summed E-state index contributed by atoms with van der Waals surface area (Å²) in [6.45, 7) is 4.96. The molecule has 166 valence electrons. The Morgan fingerprint density at radius 3 is 2.91 bits per heavy atom. The van der Waals surface area contributed by atoms with Crippen molar-refractivity contribution < 1.29 is 4.79 Å². The van der Waals surface area contributed by atoms with E-state index in [1.165, 1.54) is 28.6 Å². The van der Waals surface area contributed by atoms with Crippen LogP contribution in [0, 0.1) is 18.3 Å². The fourth-order valence-corrected chi connectivity index (χ4v) is 6.08. The van der Waals surface area contributed by atoms with Gasteiger partial charge in [-0.25, -0.2) is 0 Å². The maximum atomic E-state index is 12.7. The lowest BCUT2D eigenvalue weighted by molar-refractivity contribution is -0.113. The molecule has 3 aromatic rings. The first kappa shape index (κ1) is 22.6. The number of nitrogens with zero attached hydrogens (tertiary/aromatic N) is 4. The molecule has 4 rings (SSSR count). The largest absolute Gasteiger partial charge is 0.316 e. The lowest BCUT2D eigenvalue weighted by Crippen LogP contribution is -2.14. The van der Waals surface area contributed by atoms with Crippen LogP contribution in [0.3, 0.4) is 0 Å². The van der Waals surface area contributed by atoms with Crippen molar-refractivity contribution >= 4 is 34.0 Å². The number of thioether (sulfide) groups is 1. The summed E-state index contributed by atoms with van der Waals surface area (Å²) in [6.07, 6.45) is 6.34. The third kappa shape index (κ3) is 4.89. The number of benzene rings is 1. The number of hydrogen-bond donors (Lipinski definition) is 1. The molecule has 1 amide bonds. The number of anilines is 1. The average Bonchev–Trinajstić information content (AvgIpc) is 3.24. The first-order chi connectivity index (χ1) is 15.6. The molecule has 0 fully saturated rings. The van der Waals surface area contributed by atoms with Gasteiger partial charge in [0.15, 0.2) is 11.0 Å². The van der Waals surface area contributed by atoms with Crippen LogP contribution in [0.4, 0.5) is 5.00 Å². The van der Waals surface area contributed by atoms with Gasteiger partial charge in [0.2, 0.25) is 5.91 Å². The van der Waals surface area contributed by atoms with Crippen LogP contribution in [0.5, 0.6) is 0 Å². The molecular weight excluding hydrogens is 438 g/mol. The second-order valence-electron chi connectivity index (χ2n) is 8.04. The molecule has 32 heavy (non-hydrogen) atoms. The Hall–Kier alpha value is -2.63. The molecule has 2 aromatic heterocycles. The minimum absolute atomic E-state index is 0.119. The Kier molecular flexibility index (Phi) is 7.28. The van der Waals surface area contributed by atoms with Crippen LogP contribution in [0.2, 0.25) is 0 Å². The number of hydrogen-bond acceptors (Lipinski definition) is 6. The highest BCUT2D eigenvalue weighted by Crippen LogP contribution is 2.37. The van der Waals surface area contributed by atoms with E-state index in [0.717, 1.165) is 60.8 Å². The standard InChI is InChI=1S/C24H27N5OS2/c1-3-12-29-22(17-9-7-8-16(2)13-17)27-28-24(29)31-15-21(30)26-23-19(14-25)18-10-5-4-6-11-20(18)32-23/h7-9,13H,3-6,10-12,15H2,1-2H3,(H,26,30). The van der Waals surface area contributed by atoms with Gasteiger partial charge in [-0.3, -0.25) is 4.79 Å². The van der Waals surface area contributed by atoms with E-state index in [9.17, 15) is 10.1 Å². The van der Waals surface area contributed by atoms with Gasteiger partial charge >= 0.3 is 0 Å². The van der Waals surface area contributed by atoms with E-state index >= 15 is 0 Å². The molecule has 0 aliphatic heterocycles. The van der Waals surface area contributed by atoms with Crippen molar-refractivity contribution in [2.45, 2.75) is 64.1 Å². The van der Waals surface area contributed by atoms with E-state index in [2.05, 4.69) is 52.1 Å². The summed E-state index contributed by atoms with van der Waals surface area (Å²) in [4.78, 5) is 14.0. The third-order valence-corrected chi connectivity index (χ3v) is 7.73. The molecule has 1 aromatic carbocycles. The quantitative estimate of drug-likeness (QED) is 0.363. The molecule has 0 saturated heterocycles. The summed E-state index contributed by atoms with van der Waals surface area (Å²) in [6, 6.07) is 10.5. The Bertz CT molecular complexity index is 1160. The Morgan fingerprint density at radius 1 is 1.28 bits per heavy atom. The molecule has 0 radical (unpaired) electrons. The molecule has 0 bridgehead atoms. The number of nitriles is 1. The van der Waals surface area contributed by atoms with Gasteiger partial charge in [0, 0.05) is 17.0 Å². The fourth-order valence-electron chi connectivity index (χ4n) is 4.06. The zero-order valence-corrected chi connectivity index (χ0v) is 20.1. The highest BCUT2D eigenvalue weighted by atomic mass is 32.2. The normalized spacial score (nSPS) is 13.3. The van der Waals surface area contributed by atoms with Gasteiger partial charge in [-0.05, 0) is 50.7 Å². The molecule has 8 heteroatoms. The number of rotatable bonds is 7. The van der Waals surface area contributed by atoms with Crippen molar-refractivity contribution in [3.63, 3.8) is 0 Å². The number of carbonyl (C=O) groups is 1. The number of aromatic nitrogens is 3. The van der Waals surface area contributed by atoms with Gasteiger partial charge < -0.3 is 9.88 Å². The topological polar surface area (TPSA) is 83.6 Å². The average molecular weight is 466 g/mol. The minimum Gasteiger partial charge on any atom is -0.316 e. The summed E-state index contributed by atoms with van der Waals surface area (Å²) < 4.78 is 2.08. The fraction of sp³-hybridized carbons (Fsp3) is 0.417. The van der Waals surface area contributed by atoms with Gasteiger partial charge in [0.05, 0.1) is 11.3 Å². The Balaban J connectivity index is 1.47. The van der Waals surface area contributed by atoms with Crippen LogP contribution in [-0.4, -0.2) is 26.4 Å². The summed E-state index contributed by atoms with van der Waals surface area (Å²) in [5.74, 6) is 0.932. The van der Waals surface area contributed by atoms with Gasteiger partial charge in [0.1, 0.15) is 11.1 Å². The maximum Gasteiger partial charge on any atom is 0.235 e. The number of thiophene rings is 1. The number of fused-ring (bicyclic) bond motifs is 1. The predicted molar refractivity (Wildman–Crippen MR) is 130 cm³/mol. The zero-order valence-electron chi connectivity index (χ0n) is 18.5. The summed E-state index contributed by atoms with van der Waals surface area (Å²) in [5, 5.41) is 22.9. The molecule has 1 aliphatic carbocycles. The van der Waals surface area contributed by atoms with E-state index in [-0.39, 0.29) is 11.7 Å². The molecule has 0 atom stereocenters. The lowest BCUT2D eigenvalue weighted by Gasteiger charge is -2.09. The third-order valence-electron chi connectivity index (χ3n) is 5.56. The van der Waals surface area contributed by atoms with Crippen molar-refractivity contribution in [1.82, 2.24) is 14.8 Å². The van der Waals surface area contributed by atoms with Crippen LogP contribution in [-0.2, 0) is 24.2 Å². The van der Waals surface area contributed by atoms with Crippen LogP contribution >= 0.6 is 23.1 Å². The van der Waals surface area contributed by atoms with Crippen molar-refractivity contribution in [2.24, 2.45) is 0 Å². The first-order valence-electron chi connectivity index (χ1n) is 11.1.